The Labute approximate surface area is 164 Å². The minimum absolute atomic E-state index is 0.0119. The summed E-state index contributed by atoms with van der Waals surface area (Å²) in [6.45, 7) is 3.01. The van der Waals surface area contributed by atoms with E-state index >= 15 is 0 Å². The number of rotatable bonds is 7. The molecule has 0 spiro atoms. The van der Waals surface area contributed by atoms with Gasteiger partial charge in [-0.2, -0.15) is 0 Å². The number of carbonyl (C=O) groups is 2. The fourth-order valence-electron chi connectivity index (χ4n) is 3.50. The second-order valence-electron chi connectivity index (χ2n) is 7.12. The smallest absolute Gasteiger partial charge is 0.251 e. The molecule has 2 amide bonds. The Hall–Kier alpha value is -2.73. The first-order valence-electron chi connectivity index (χ1n) is 9.69. The number of likely N-dealkylation sites (tertiary alicyclic amines) is 1. The van der Waals surface area contributed by atoms with Crippen molar-refractivity contribution in [3.05, 3.63) is 71.5 Å². The van der Waals surface area contributed by atoms with Gasteiger partial charge < -0.3 is 10.6 Å². The average molecular weight is 383 g/mol. The zero-order chi connectivity index (χ0) is 19.8. The van der Waals surface area contributed by atoms with E-state index in [0.29, 0.717) is 31.7 Å². The molecule has 5 nitrogen and oxygen atoms in total. The SMILES string of the molecule is O=C(NCCNC(=O)C1CCCN(Cc2cccc(F)c2)C1)c1ccccc1. The first-order chi connectivity index (χ1) is 13.6. The van der Waals surface area contributed by atoms with E-state index in [2.05, 4.69) is 15.5 Å². The van der Waals surface area contributed by atoms with Crippen LogP contribution in [0.3, 0.4) is 0 Å². The van der Waals surface area contributed by atoms with Crippen molar-refractivity contribution in [3.8, 4) is 0 Å². The molecule has 3 rings (SSSR count). The van der Waals surface area contributed by atoms with Crippen LogP contribution in [0.25, 0.3) is 0 Å². The highest BCUT2D eigenvalue weighted by Crippen LogP contribution is 2.19. The number of amides is 2. The van der Waals surface area contributed by atoms with Crippen LogP contribution in [0.2, 0.25) is 0 Å². The van der Waals surface area contributed by atoms with E-state index in [1.54, 1.807) is 24.3 Å². The zero-order valence-corrected chi connectivity index (χ0v) is 15.9. The molecule has 0 bridgehead atoms. The quantitative estimate of drug-likeness (QED) is 0.723. The molecule has 28 heavy (non-hydrogen) atoms. The van der Waals surface area contributed by atoms with Crippen molar-refractivity contribution >= 4 is 11.8 Å². The lowest BCUT2D eigenvalue weighted by Crippen LogP contribution is -2.44. The van der Waals surface area contributed by atoms with E-state index in [1.807, 2.05) is 24.3 Å². The van der Waals surface area contributed by atoms with Gasteiger partial charge in [-0.1, -0.05) is 30.3 Å². The van der Waals surface area contributed by atoms with Crippen molar-refractivity contribution in [2.24, 2.45) is 5.92 Å². The summed E-state index contributed by atoms with van der Waals surface area (Å²) >= 11 is 0. The van der Waals surface area contributed by atoms with Crippen LogP contribution < -0.4 is 10.6 Å². The summed E-state index contributed by atoms with van der Waals surface area (Å²) in [6, 6.07) is 15.6. The van der Waals surface area contributed by atoms with Crippen molar-refractivity contribution in [2.45, 2.75) is 19.4 Å². The maximum Gasteiger partial charge on any atom is 0.251 e. The van der Waals surface area contributed by atoms with Gasteiger partial charge in [0.2, 0.25) is 5.91 Å². The van der Waals surface area contributed by atoms with Crippen LogP contribution in [-0.2, 0) is 11.3 Å². The Morgan fingerprint density at radius 1 is 1.04 bits per heavy atom. The molecule has 1 fully saturated rings. The Bertz CT molecular complexity index is 797. The second kappa shape index (κ2) is 9.99. The van der Waals surface area contributed by atoms with Gasteiger partial charge in [0.15, 0.2) is 0 Å². The van der Waals surface area contributed by atoms with E-state index in [4.69, 9.17) is 0 Å². The van der Waals surface area contributed by atoms with Crippen molar-refractivity contribution in [3.63, 3.8) is 0 Å². The van der Waals surface area contributed by atoms with Gasteiger partial charge in [0.25, 0.3) is 5.91 Å². The number of carbonyl (C=O) groups excluding carboxylic acids is 2. The normalized spacial score (nSPS) is 17.1. The Kier molecular flexibility index (Phi) is 7.14. The lowest BCUT2D eigenvalue weighted by Gasteiger charge is -2.32. The number of nitrogens with zero attached hydrogens (tertiary/aromatic N) is 1. The summed E-state index contributed by atoms with van der Waals surface area (Å²) < 4.78 is 13.4. The topological polar surface area (TPSA) is 61.4 Å². The van der Waals surface area contributed by atoms with Gasteiger partial charge in [-0.25, -0.2) is 4.39 Å². The second-order valence-corrected chi connectivity index (χ2v) is 7.12. The molecule has 0 saturated carbocycles. The molecule has 1 aliphatic heterocycles. The standard InChI is InChI=1S/C22H26FN3O2/c23-20-10-4-6-17(14-20)15-26-13-5-9-19(16-26)22(28)25-12-11-24-21(27)18-7-2-1-3-8-18/h1-4,6-8,10,14,19H,5,9,11-13,15-16H2,(H,24,27)(H,25,28). The first-order valence-corrected chi connectivity index (χ1v) is 9.69. The van der Waals surface area contributed by atoms with Crippen LogP contribution in [0.1, 0.15) is 28.8 Å². The van der Waals surface area contributed by atoms with Gasteiger partial charge in [-0.05, 0) is 49.2 Å². The summed E-state index contributed by atoms with van der Waals surface area (Å²) in [7, 11) is 0. The lowest BCUT2D eigenvalue weighted by molar-refractivity contribution is -0.126. The number of halogens is 1. The molecule has 2 N–H and O–H groups in total. The molecule has 2 aromatic carbocycles. The number of piperidine rings is 1. The summed E-state index contributed by atoms with van der Waals surface area (Å²) in [5.74, 6) is -0.444. The van der Waals surface area contributed by atoms with Gasteiger partial charge in [-0.15, -0.1) is 0 Å². The fraction of sp³-hybridized carbons (Fsp3) is 0.364. The highest BCUT2D eigenvalue weighted by atomic mass is 19.1. The van der Waals surface area contributed by atoms with Gasteiger partial charge in [0, 0.05) is 31.7 Å². The van der Waals surface area contributed by atoms with E-state index in [9.17, 15) is 14.0 Å². The predicted molar refractivity (Wildman–Crippen MR) is 106 cm³/mol. The average Bonchev–Trinajstić information content (AvgIpc) is 2.72. The van der Waals surface area contributed by atoms with Crippen LogP contribution in [-0.4, -0.2) is 42.9 Å². The fourth-order valence-corrected chi connectivity index (χ4v) is 3.50. The molecule has 1 atom stereocenters. The molecular weight excluding hydrogens is 357 g/mol. The van der Waals surface area contributed by atoms with E-state index in [0.717, 1.165) is 24.9 Å². The van der Waals surface area contributed by atoms with E-state index in [-0.39, 0.29) is 23.5 Å². The monoisotopic (exact) mass is 383 g/mol. The molecule has 0 aromatic heterocycles. The molecular formula is C22H26FN3O2. The van der Waals surface area contributed by atoms with Gasteiger partial charge in [-0.3, -0.25) is 14.5 Å². The summed E-state index contributed by atoms with van der Waals surface area (Å²) in [5.41, 5.74) is 1.53. The van der Waals surface area contributed by atoms with E-state index in [1.165, 1.54) is 6.07 Å². The molecule has 6 heteroatoms. The third kappa shape index (κ3) is 5.89. The maximum atomic E-state index is 13.4. The molecule has 148 valence electrons. The van der Waals surface area contributed by atoms with Crippen molar-refractivity contribution in [1.29, 1.82) is 0 Å². The largest absolute Gasteiger partial charge is 0.354 e. The van der Waals surface area contributed by atoms with Gasteiger partial charge in [0.05, 0.1) is 5.92 Å². The molecule has 1 aliphatic rings. The number of benzene rings is 2. The predicted octanol–water partition coefficient (Wildman–Crippen LogP) is 2.58. The first kappa shape index (κ1) is 20.0. The van der Waals surface area contributed by atoms with Gasteiger partial charge in [0.1, 0.15) is 5.82 Å². The number of hydrogen-bond acceptors (Lipinski definition) is 3. The maximum absolute atomic E-state index is 13.4. The molecule has 1 saturated heterocycles. The number of hydrogen-bond donors (Lipinski definition) is 2. The molecule has 0 aliphatic carbocycles. The van der Waals surface area contributed by atoms with Crippen molar-refractivity contribution in [1.82, 2.24) is 15.5 Å². The van der Waals surface area contributed by atoms with Crippen LogP contribution in [0, 0.1) is 11.7 Å². The molecule has 1 unspecified atom stereocenters. The van der Waals surface area contributed by atoms with Crippen molar-refractivity contribution < 1.29 is 14.0 Å². The summed E-state index contributed by atoms with van der Waals surface area (Å²) in [5, 5.41) is 5.72. The third-order valence-corrected chi connectivity index (χ3v) is 4.92. The Morgan fingerprint density at radius 3 is 2.61 bits per heavy atom. The van der Waals surface area contributed by atoms with Gasteiger partial charge >= 0.3 is 0 Å². The van der Waals surface area contributed by atoms with Crippen molar-refractivity contribution in [2.75, 3.05) is 26.2 Å². The molecule has 1 heterocycles. The minimum atomic E-state index is -0.235. The van der Waals surface area contributed by atoms with Crippen LogP contribution in [0.15, 0.2) is 54.6 Å². The number of nitrogens with one attached hydrogen (secondary N) is 2. The van der Waals surface area contributed by atoms with E-state index < -0.39 is 0 Å². The van der Waals surface area contributed by atoms with Crippen LogP contribution >= 0.6 is 0 Å². The van der Waals surface area contributed by atoms with Crippen LogP contribution in [0.4, 0.5) is 4.39 Å². The lowest BCUT2D eigenvalue weighted by atomic mass is 9.96. The Balaban J connectivity index is 1.39. The molecule has 0 radical (unpaired) electrons. The highest BCUT2D eigenvalue weighted by Gasteiger charge is 2.25. The third-order valence-electron chi connectivity index (χ3n) is 4.92. The summed E-state index contributed by atoms with van der Waals surface area (Å²) in [6.07, 6.45) is 1.79. The highest BCUT2D eigenvalue weighted by molar-refractivity contribution is 5.94. The Morgan fingerprint density at radius 2 is 1.82 bits per heavy atom. The minimum Gasteiger partial charge on any atom is -0.354 e. The van der Waals surface area contributed by atoms with Crippen LogP contribution in [0.5, 0.6) is 0 Å². The molecule has 2 aromatic rings. The summed E-state index contributed by atoms with van der Waals surface area (Å²) in [4.78, 5) is 26.6. The zero-order valence-electron chi connectivity index (χ0n) is 15.9.